The zero-order valence-electron chi connectivity index (χ0n) is 12.8. The summed E-state index contributed by atoms with van der Waals surface area (Å²) in [4.78, 5) is 0. The highest BCUT2D eigenvalue weighted by atomic mass is 16.5. The van der Waals surface area contributed by atoms with Crippen LogP contribution in [0.2, 0.25) is 0 Å². The Morgan fingerprint density at radius 3 is 2.14 bits per heavy atom. The summed E-state index contributed by atoms with van der Waals surface area (Å²) in [5.74, 6) is 2.83. The van der Waals surface area contributed by atoms with Crippen molar-refractivity contribution in [1.82, 2.24) is 0 Å². The summed E-state index contributed by atoms with van der Waals surface area (Å²) in [6, 6.07) is 10.6. The Bertz CT molecular complexity index is 448. The van der Waals surface area contributed by atoms with Crippen LogP contribution in [0.15, 0.2) is 30.3 Å². The normalized spacial score (nSPS) is 38.6. The van der Waals surface area contributed by atoms with Gasteiger partial charge in [0.15, 0.2) is 0 Å². The first-order chi connectivity index (χ1) is 10.2. The Labute approximate surface area is 128 Å². The molecule has 0 radical (unpaired) electrons. The van der Waals surface area contributed by atoms with Gasteiger partial charge >= 0.3 is 0 Å². The fourth-order valence-corrected chi connectivity index (χ4v) is 5.65. The fraction of sp³-hybridized carbons (Fsp3) is 0.684. The van der Waals surface area contributed by atoms with Crippen LogP contribution >= 0.6 is 0 Å². The zero-order chi connectivity index (χ0) is 14.3. The van der Waals surface area contributed by atoms with Crippen molar-refractivity contribution in [3.05, 3.63) is 35.9 Å². The van der Waals surface area contributed by atoms with E-state index in [0.29, 0.717) is 5.41 Å². The predicted molar refractivity (Wildman–Crippen MR) is 84.7 cm³/mol. The first-order valence-corrected chi connectivity index (χ1v) is 8.65. The lowest BCUT2D eigenvalue weighted by atomic mass is 9.49. The molecule has 114 valence electrons. The maximum Gasteiger partial charge on any atom is 0.111 e. The molecular formula is C19H27NO. The molecule has 2 heteroatoms. The van der Waals surface area contributed by atoms with Gasteiger partial charge in [0.1, 0.15) is 6.23 Å². The molecule has 1 aromatic rings. The number of ether oxygens (including phenoxy) is 1. The van der Waals surface area contributed by atoms with Crippen LogP contribution in [0.4, 0.5) is 0 Å². The zero-order valence-corrected chi connectivity index (χ0v) is 12.8. The van der Waals surface area contributed by atoms with Crippen molar-refractivity contribution >= 4 is 0 Å². The Kier molecular flexibility index (Phi) is 3.55. The third-order valence-corrected chi connectivity index (χ3v) is 6.22. The monoisotopic (exact) mass is 285 g/mol. The Morgan fingerprint density at radius 2 is 1.57 bits per heavy atom. The number of hydrogen-bond donors (Lipinski definition) is 1. The molecule has 0 saturated heterocycles. The van der Waals surface area contributed by atoms with Crippen molar-refractivity contribution in [2.45, 2.75) is 51.2 Å². The minimum absolute atomic E-state index is 0.0467. The summed E-state index contributed by atoms with van der Waals surface area (Å²) in [5.41, 5.74) is 8.17. The third-order valence-electron chi connectivity index (χ3n) is 6.22. The second-order valence-corrected chi connectivity index (χ2v) is 7.81. The highest BCUT2D eigenvalue weighted by Gasteiger charge is 2.53. The number of rotatable bonds is 5. The van der Waals surface area contributed by atoms with E-state index in [1.54, 1.807) is 0 Å². The van der Waals surface area contributed by atoms with E-state index in [-0.39, 0.29) is 6.23 Å². The van der Waals surface area contributed by atoms with Crippen LogP contribution in [0.25, 0.3) is 0 Å². The summed E-state index contributed by atoms with van der Waals surface area (Å²) in [6.45, 7) is 0.757. The molecule has 5 rings (SSSR count). The number of benzene rings is 1. The predicted octanol–water partition coefficient (Wildman–Crippen LogP) is 3.75. The van der Waals surface area contributed by atoms with Crippen LogP contribution < -0.4 is 5.73 Å². The summed E-state index contributed by atoms with van der Waals surface area (Å²) in [5, 5.41) is 0. The van der Waals surface area contributed by atoms with E-state index in [2.05, 4.69) is 30.3 Å². The van der Waals surface area contributed by atoms with E-state index in [9.17, 15) is 0 Å². The molecule has 2 N–H and O–H groups in total. The van der Waals surface area contributed by atoms with Crippen LogP contribution in [-0.2, 0) is 11.2 Å². The molecule has 4 fully saturated rings. The molecule has 21 heavy (non-hydrogen) atoms. The topological polar surface area (TPSA) is 35.2 Å². The molecule has 4 aliphatic carbocycles. The largest absolute Gasteiger partial charge is 0.363 e. The van der Waals surface area contributed by atoms with E-state index in [4.69, 9.17) is 10.5 Å². The highest BCUT2D eigenvalue weighted by Crippen LogP contribution is 2.61. The van der Waals surface area contributed by atoms with Crippen LogP contribution in [0.1, 0.15) is 44.1 Å². The molecule has 4 saturated carbocycles. The third kappa shape index (κ3) is 2.64. The molecule has 0 heterocycles. The van der Waals surface area contributed by atoms with Crippen molar-refractivity contribution in [3.63, 3.8) is 0 Å². The highest BCUT2D eigenvalue weighted by molar-refractivity contribution is 5.14. The van der Waals surface area contributed by atoms with Crippen molar-refractivity contribution < 1.29 is 4.74 Å². The van der Waals surface area contributed by atoms with Gasteiger partial charge in [0.25, 0.3) is 0 Å². The van der Waals surface area contributed by atoms with E-state index in [0.717, 1.165) is 30.8 Å². The molecule has 0 spiro atoms. The fourth-order valence-electron chi connectivity index (χ4n) is 5.65. The molecule has 0 amide bonds. The number of hydrogen-bond acceptors (Lipinski definition) is 2. The van der Waals surface area contributed by atoms with Crippen LogP contribution in [0, 0.1) is 23.2 Å². The van der Waals surface area contributed by atoms with Gasteiger partial charge in [-0.25, -0.2) is 0 Å². The molecular weight excluding hydrogens is 258 g/mol. The second-order valence-electron chi connectivity index (χ2n) is 7.81. The number of nitrogens with two attached hydrogens (primary N) is 1. The minimum atomic E-state index is -0.0467. The van der Waals surface area contributed by atoms with E-state index in [1.165, 1.54) is 44.1 Å². The molecule has 1 atom stereocenters. The minimum Gasteiger partial charge on any atom is -0.363 e. The molecule has 1 unspecified atom stereocenters. The van der Waals surface area contributed by atoms with Gasteiger partial charge in [0.2, 0.25) is 0 Å². The van der Waals surface area contributed by atoms with Crippen LogP contribution in [0.3, 0.4) is 0 Å². The maximum atomic E-state index is 6.51. The van der Waals surface area contributed by atoms with E-state index >= 15 is 0 Å². The van der Waals surface area contributed by atoms with Crippen molar-refractivity contribution in [2.24, 2.45) is 28.9 Å². The standard InChI is InChI=1S/C19H27NO/c20-18(21-7-6-14-4-2-1-3-5-14)19-11-15-8-16(12-19)10-17(9-15)13-19/h1-5,15-18H,6-13,20H2. The summed E-state index contributed by atoms with van der Waals surface area (Å²) < 4.78 is 6.11. The lowest BCUT2D eigenvalue weighted by Crippen LogP contribution is -2.55. The summed E-state index contributed by atoms with van der Waals surface area (Å²) >= 11 is 0. The van der Waals surface area contributed by atoms with Gasteiger partial charge in [0, 0.05) is 5.41 Å². The molecule has 2 nitrogen and oxygen atoms in total. The van der Waals surface area contributed by atoms with Crippen LogP contribution in [0.5, 0.6) is 0 Å². The maximum absolute atomic E-state index is 6.51. The summed E-state index contributed by atoms with van der Waals surface area (Å²) in [6.07, 6.45) is 9.31. The molecule has 4 aliphatic rings. The van der Waals surface area contributed by atoms with Crippen LogP contribution in [-0.4, -0.2) is 12.8 Å². The Hall–Kier alpha value is -0.860. The first-order valence-electron chi connectivity index (χ1n) is 8.65. The molecule has 0 aromatic heterocycles. The smallest absolute Gasteiger partial charge is 0.111 e. The SMILES string of the molecule is NC(OCCc1ccccc1)C12CC3CC(CC(C3)C1)C2. The van der Waals surface area contributed by atoms with Crippen molar-refractivity contribution in [3.8, 4) is 0 Å². The molecule has 0 aliphatic heterocycles. The molecule has 4 bridgehead atoms. The van der Waals surface area contributed by atoms with Gasteiger partial charge in [-0.1, -0.05) is 30.3 Å². The molecule has 1 aromatic carbocycles. The van der Waals surface area contributed by atoms with Crippen molar-refractivity contribution in [2.75, 3.05) is 6.61 Å². The second kappa shape index (κ2) is 5.40. The van der Waals surface area contributed by atoms with Gasteiger partial charge in [0.05, 0.1) is 6.61 Å². The Balaban J connectivity index is 1.35. The van der Waals surface area contributed by atoms with Crippen molar-refractivity contribution in [1.29, 1.82) is 0 Å². The van der Waals surface area contributed by atoms with Gasteiger partial charge in [-0.15, -0.1) is 0 Å². The first kappa shape index (κ1) is 13.8. The Morgan fingerprint density at radius 1 is 1.00 bits per heavy atom. The van der Waals surface area contributed by atoms with Gasteiger partial charge in [-0.3, -0.25) is 0 Å². The van der Waals surface area contributed by atoms with E-state index in [1.807, 2.05) is 0 Å². The van der Waals surface area contributed by atoms with Gasteiger partial charge in [-0.05, 0) is 68.3 Å². The average Bonchev–Trinajstić information content (AvgIpc) is 2.47. The van der Waals surface area contributed by atoms with Gasteiger partial charge in [-0.2, -0.15) is 0 Å². The quantitative estimate of drug-likeness (QED) is 0.836. The lowest BCUT2D eigenvalue weighted by molar-refractivity contribution is -0.139. The lowest BCUT2D eigenvalue weighted by Gasteiger charge is -2.58. The van der Waals surface area contributed by atoms with E-state index < -0.39 is 0 Å². The van der Waals surface area contributed by atoms with Gasteiger partial charge < -0.3 is 10.5 Å². The average molecular weight is 285 g/mol. The summed E-state index contributed by atoms with van der Waals surface area (Å²) in [7, 11) is 0.